The van der Waals surface area contributed by atoms with Crippen LogP contribution in [-0.4, -0.2) is 38.3 Å². The predicted molar refractivity (Wildman–Crippen MR) is 121 cm³/mol. The molecule has 0 bridgehead atoms. The minimum absolute atomic E-state index is 0.125. The van der Waals surface area contributed by atoms with Gasteiger partial charge in [0.1, 0.15) is 5.75 Å². The number of nitrogens with zero attached hydrogens (tertiary/aromatic N) is 1. The molecule has 0 atom stereocenters. The molecule has 0 saturated heterocycles. The lowest BCUT2D eigenvalue weighted by Gasteiger charge is -2.24. The van der Waals surface area contributed by atoms with Crippen molar-refractivity contribution in [1.29, 1.82) is 0 Å². The van der Waals surface area contributed by atoms with E-state index in [0.29, 0.717) is 5.75 Å². The maximum Gasteiger partial charge on any atom is 0.243 e. The number of hydrogen-bond donors (Lipinski definition) is 1. The number of amides is 1. The molecule has 7 heteroatoms. The molecule has 0 unspecified atom stereocenters. The molecule has 2 aromatic carbocycles. The molecule has 1 amide bonds. The standard InChI is InChI=1S/C24H32N2O4S/c1-19-16-22(14-15-23(19)30-2)31(28,29)26(17-20-10-6-5-7-11-20)18-24(27)25-21-12-8-3-4-9-13-21/h5-7,10-11,14-16,21H,3-4,8-9,12-13,17-18H2,1-2H3,(H,25,27). The van der Waals surface area contributed by atoms with Gasteiger partial charge in [-0.15, -0.1) is 0 Å². The number of ether oxygens (including phenoxy) is 1. The number of hydrogen-bond acceptors (Lipinski definition) is 4. The Labute approximate surface area is 185 Å². The molecule has 1 saturated carbocycles. The topological polar surface area (TPSA) is 75.7 Å². The van der Waals surface area contributed by atoms with Gasteiger partial charge in [-0.3, -0.25) is 4.79 Å². The van der Waals surface area contributed by atoms with Crippen LogP contribution < -0.4 is 10.1 Å². The Morgan fingerprint density at radius 1 is 1.06 bits per heavy atom. The van der Waals surface area contributed by atoms with E-state index < -0.39 is 10.0 Å². The molecule has 1 aliphatic carbocycles. The smallest absolute Gasteiger partial charge is 0.243 e. The van der Waals surface area contributed by atoms with Crippen molar-refractivity contribution in [2.75, 3.05) is 13.7 Å². The summed E-state index contributed by atoms with van der Waals surface area (Å²) in [5, 5.41) is 3.06. The first-order valence-electron chi connectivity index (χ1n) is 10.9. The number of rotatable bonds is 8. The fourth-order valence-electron chi connectivity index (χ4n) is 4.03. The van der Waals surface area contributed by atoms with Gasteiger partial charge in [0.2, 0.25) is 15.9 Å². The number of nitrogens with one attached hydrogen (secondary N) is 1. The second-order valence-electron chi connectivity index (χ2n) is 8.15. The summed E-state index contributed by atoms with van der Waals surface area (Å²) in [6.07, 6.45) is 6.49. The molecule has 0 aliphatic heterocycles. The molecule has 2 aromatic rings. The van der Waals surface area contributed by atoms with Crippen molar-refractivity contribution < 1.29 is 17.9 Å². The van der Waals surface area contributed by atoms with Crippen molar-refractivity contribution in [3.8, 4) is 5.75 Å². The van der Waals surface area contributed by atoms with E-state index in [1.54, 1.807) is 26.2 Å². The van der Waals surface area contributed by atoms with Crippen molar-refractivity contribution >= 4 is 15.9 Å². The average Bonchev–Trinajstić information content (AvgIpc) is 3.02. The molecule has 1 aliphatic rings. The summed E-state index contributed by atoms with van der Waals surface area (Å²) in [4.78, 5) is 13.0. The number of carbonyl (C=O) groups is 1. The van der Waals surface area contributed by atoms with E-state index in [1.165, 1.54) is 23.2 Å². The van der Waals surface area contributed by atoms with Crippen LogP contribution in [0.2, 0.25) is 0 Å². The Kier molecular flexibility index (Phi) is 8.09. The lowest BCUT2D eigenvalue weighted by atomic mass is 10.1. The van der Waals surface area contributed by atoms with E-state index in [1.807, 2.05) is 30.3 Å². The monoisotopic (exact) mass is 444 g/mol. The van der Waals surface area contributed by atoms with E-state index in [9.17, 15) is 13.2 Å². The molecular formula is C24H32N2O4S. The second-order valence-corrected chi connectivity index (χ2v) is 10.1. The highest BCUT2D eigenvalue weighted by Crippen LogP contribution is 2.25. The highest BCUT2D eigenvalue weighted by Gasteiger charge is 2.28. The van der Waals surface area contributed by atoms with Crippen LogP contribution in [0.1, 0.15) is 49.7 Å². The van der Waals surface area contributed by atoms with Gasteiger partial charge in [0.15, 0.2) is 0 Å². The Bertz CT molecular complexity index is 968. The maximum atomic E-state index is 13.5. The SMILES string of the molecule is COc1ccc(S(=O)(=O)N(CC(=O)NC2CCCCCC2)Cc2ccccc2)cc1C. The molecular weight excluding hydrogens is 412 g/mol. The van der Waals surface area contributed by atoms with Gasteiger partial charge in [-0.2, -0.15) is 4.31 Å². The first-order chi connectivity index (χ1) is 14.9. The van der Waals surface area contributed by atoms with Gasteiger partial charge in [-0.1, -0.05) is 56.0 Å². The molecule has 168 valence electrons. The third-order valence-electron chi connectivity index (χ3n) is 5.75. The number of aryl methyl sites for hydroxylation is 1. The number of benzene rings is 2. The molecule has 1 fully saturated rings. The zero-order valence-corrected chi connectivity index (χ0v) is 19.2. The lowest BCUT2D eigenvalue weighted by molar-refractivity contribution is -0.122. The van der Waals surface area contributed by atoms with Crippen LogP contribution in [0, 0.1) is 6.92 Å². The van der Waals surface area contributed by atoms with Crippen molar-refractivity contribution in [1.82, 2.24) is 9.62 Å². The van der Waals surface area contributed by atoms with Gasteiger partial charge in [0.25, 0.3) is 0 Å². The highest BCUT2D eigenvalue weighted by molar-refractivity contribution is 7.89. The van der Waals surface area contributed by atoms with Crippen LogP contribution in [0.4, 0.5) is 0 Å². The molecule has 3 rings (SSSR count). The van der Waals surface area contributed by atoms with Crippen LogP contribution in [0.15, 0.2) is 53.4 Å². The summed E-state index contributed by atoms with van der Waals surface area (Å²) >= 11 is 0. The van der Waals surface area contributed by atoms with Crippen molar-refractivity contribution in [2.24, 2.45) is 0 Å². The van der Waals surface area contributed by atoms with Crippen LogP contribution >= 0.6 is 0 Å². The third-order valence-corrected chi connectivity index (χ3v) is 7.53. The molecule has 0 aromatic heterocycles. The molecule has 0 heterocycles. The number of sulfonamides is 1. The van der Waals surface area contributed by atoms with Crippen LogP contribution in [0.3, 0.4) is 0 Å². The number of methoxy groups -OCH3 is 1. The van der Waals surface area contributed by atoms with E-state index in [-0.39, 0.29) is 29.9 Å². The second kappa shape index (κ2) is 10.8. The highest BCUT2D eigenvalue weighted by atomic mass is 32.2. The van der Waals surface area contributed by atoms with Gasteiger partial charge in [-0.25, -0.2) is 8.42 Å². The van der Waals surface area contributed by atoms with Gasteiger partial charge < -0.3 is 10.1 Å². The summed E-state index contributed by atoms with van der Waals surface area (Å²) in [5.41, 5.74) is 1.56. The minimum Gasteiger partial charge on any atom is -0.496 e. The van der Waals surface area contributed by atoms with E-state index in [2.05, 4.69) is 5.32 Å². The van der Waals surface area contributed by atoms with Crippen molar-refractivity contribution in [2.45, 2.75) is 62.9 Å². The summed E-state index contributed by atoms with van der Waals surface area (Å²) < 4.78 is 33.5. The summed E-state index contributed by atoms with van der Waals surface area (Å²) in [6, 6.07) is 14.2. The zero-order valence-electron chi connectivity index (χ0n) is 18.3. The lowest BCUT2D eigenvalue weighted by Crippen LogP contribution is -2.43. The van der Waals surface area contributed by atoms with Crippen LogP contribution in [0.5, 0.6) is 5.75 Å². The number of carbonyl (C=O) groups excluding carboxylic acids is 1. The Hall–Kier alpha value is -2.38. The van der Waals surface area contributed by atoms with Gasteiger partial charge >= 0.3 is 0 Å². The van der Waals surface area contributed by atoms with Crippen LogP contribution in [-0.2, 0) is 21.4 Å². The Morgan fingerprint density at radius 3 is 2.35 bits per heavy atom. The quantitative estimate of drug-likeness (QED) is 0.624. The fourth-order valence-corrected chi connectivity index (χ4v) is 5.50. The first kappa shape index (κ1) is 23.3. The summed E-state index contributed by atoms with van der Waals surface area (Å²) in [7, 11) is -2.32. The summed E-state index contributed by atoms with van der Waals surface area (Å²) in [5.74, 6) is 0.372. The average molecular weight is 445 g/mol. The molecule has 0 radical (unpaired) electrons. The van der Waals surface area contributed by atoms with E-state index in [4.69, 9.17) is 4.74 Å². The largest absolute Gasteiger partial charge is 0.496 e. The van der Waals surface area contributed by atoms with Gasteiger partial charge in [0, 0.05) is 12.6 Å². The zero-order chi connectivity index (χ0) is 22.3. The van der Waals surface area contributed by atoms with Gasteiger partial charge in [-0.05, 0) is 49.1 Å². The van der Waals surface area contributed by atoms with Gasteiger partial charge in [0.05, 0.1) is 18.6 Å². The Morgan fingerprint density at radius 2 is 1.74 bits per heavy atom. The van der Waals surface area contributed by atoms with Crippen LogP contribution in [0.25, 0.3) is 0 Å². The third kappa shape index (κ3) is 6.31. The fraction of sp³-hybridized carbons (Fsp3) is 0.458. The van der Waals surface area contributed by atoms with E-state index in [0.717, 1.165) is 36.8 Å². The summed E-state index contributed by atoms with van der Waals surface area (Å²) in [6.45, 7) is 1.73. The first-order valence-corrected chi connectivity index (χ1v) is 12.3. The minimum atomic E-state index is -3.87. The molecule has 0 spiro atoms. The molecule has 1 N–H and O–H groups in total. The van der Waals surface area contributed by atoms with Crippen molar-refractivity contribution in [3.05, 3.63) is 59.7 Å². The Balaban J connectivity index is 1.83. The predicted octanol–water partition coefficient (Wildman–Crippen LogP) is 4.03. The molecule has 31 heavy (non-hydrogen) atoms. The van der Waals surface area contributed by atoms with E-state index >= 15 is 0 Å². The molecule has 6 nitrogen and oxygen atoms in total. The normalized spacial score (nSPS) is 15.5. The van der Waals surface area contributed by atoms with Crippen molar-refractivity contribution in [3.63, 3.8) is 0 Å². The maximum absolute atomic E-state index is 13.5.